The lowest BCUT2D eigenvalue weighted by Crippen LogP contribution is -2.01. The quantitative estimate of drug-likeness (QED) is 0.847. The highest BCUT2D eigenvalue weighted by Crippen LogP contribution is 2.16. The van der Waals surface area contributed by atoms with E-state index < -0.39 is 0 Å². The van der Waals surface area contributed by atoms with E-state index in [1.165, 1.54) is 17.7 Å². The Morgan fingerprint density at radius 3 is 2.82 bits per heavy atom. The summed E-state index contributed by atoms with van der Waals surface area (Å²) in [7, 11) is 1.76. The van der Waals surface area contributed by atoms with E-state index in [-0.39, 0.29) is 11.4 Å². The summed E-state index contributed by atoms with van der Waals surface area (Å²) in [6.07, 6.45) is 1.46. The fraction of sp³-hybridized carbons (Fsp3) is 0.222. The lowest BCUT2D eigenvalue weighted by atomic mass is 10.3. The molecule has 1 N–H and O–H groups in total. The van der Waals surface area contributed by atoms with E-state index in [1.54, 1.807) is 11.6 Å². The number of hydrogen-bond donors (Lipinski definition) is 1. The van der Waals surface area contributed by atoms with Crippen LogP contribution in [0.15, 0.2) is 6.33 Å². The largest absolute Gasteiger partial charge is 0.363 e. The molecular weight excluding hydrogens is 238 g/mol. The number of imidazole rings is 1. The molecule has 0 fully saturated rings. The summed E-state index contributed by atoms with van der Waals surface area (Å²) >= 11 is 1.39. The first kappa shape index (κ1) is 11.0. The Bertz CT molecular complexity index is 612. The Balaban J connectivity index is 2.28. The molecule has 0 spiro atoms. The zero-order valence-corrected chi connectivity index (χ0v) is 9.69. The van der Waals surface area contributed by atoms with E-state index in [0.29, 0.717) is 11.7 Å². The summed E-state index contributed by atoms with van der Waals surface area (Å²) in [4.78, 5) is 3.85. The highest BCUT2D eigenvalue weighted by Gasteiger charge is 2.12. The summed E-state index contributed by atoms with van der Waals surface area (Å²) in [5.74, 6) is 0. The van der Waals surface area contributed by atoms with Gasteiger partial charge in [-0.1, -0.05) is 11.3 Å². The molecule has 0 aliphatic rings. The minimum atomic E-state index is 0.130. The van der Waals surface area contributed by atoms with Gasteiger partial charge < -0.3 is 9.88 Å². The maximum Gasteiger partial charge on any atom is 0.205 e. The zero-order valence-electron chi connectivity index (χ0n) is 8.88. The van der Waals surface area contributed by atoms with Crippen molar-refractivity contribution >= 4 is 16.5 Å². The molecule has 0 aliphatic carbocycles. The molecule has 7 nitrogen and oxygen atoms in total. The van der Waals surface area contributed by atoms with Crippen LogP contribution in [0.25, 0.3) is 0 Å². The number of aromatic nitrogens is 4. The number of rotatable bonds is 3. The van der Waals surface area contributed by atoms with E-state index in [2.05, 4.69) is 20.5 Å². The van der Waals surface area contributed by atoms with Crippen LogP contribution in [0.5, 0.6) is 0 Å². The van der Waals surface area contributed by atoms with Crippen molar-refractivity contribution in [3.63, 3.8) is 0 Å². The topological polar surface area (TPSA) is 103 Å². The Kier molecular flexibility index (Phi) is 2.99. The molecule has 0 radical (unpaired) electrons. The normalized spacial score (nSPS) is 9.59. The van der Waals surface area contributed by atoms with Gasteiger partial charge >= 0.3 is 0 Å². The molecule has 2 heterocycles. The maximum absolute atomic E-state index is 8.94. The van der Waals surface area contributed by atoms with Crippen LogP contribution in [0.3, 0.4) is 0 Å². The Hall–Kier alpha value is -2.45. The SMILES string of the molecule is CNc1nnc(Cn2cnc(C#N)c2C#N)s1. The first-order valence-corrected chi connectivity index (χ1v) is 5.45. The molecule has 2 aromatic rings. The number of nitriles is 2. The molecule has 17 heavy (non-hydrogen) atoms. The van der Waals surface area contributed by atoms with Gasteiger partial charge in [0, 0.05) is 7.05 Å². The summed E-state index contributed by atoms with van der Waals surface area (Å²) in [6.45, 7) is 0.386. The van der Waals surface area contributed by atoms with Gasteiger partial charge in [-0.3, -0.25) is 0 Å². The number of anilines is 1. The van der Waals surface area contributed by atoms with Crippen molar-refractivity contribution in [2.75, 3.05) is 12.4 Å². The minimum Gasteiger partial charge on any atom is -0.363 e. The first-order chi connectivity index (χ1) is 8.28. The second-order valence-corrected chi connectivity index (χ2v) is 4.11. The number of nitrogens with one attached hydrogen (secondary N) is 1. The summed E-state index contributed by atoms with van der Waals surface area (Å²) < 4.78 is 1.58. The predicted molar refractivity (Wildman–Crippen MR) is 60.2 cm³/mol. The van der Waals surface area contributed by atoms with Gasteiger partial charge in [0.25, 0.3) is 0 Å². The van der Waals surface area contributed by atoms with Gasteiger partial charge in [0.05, 0.1) is 12.9 Å². The summed E-state index contributed by atoms with van der Waals surface area (Å²) in [6, 6.07) is 3.82. The van der Waals surface area contributed by atoms with Crippen molar-refractivity contribution in [3.05, 3.63) is 22.7 Å². The molecule has 0 amide bonds. The zero-order chi connectivity index (χ0) is 12.3. The highest BCUT2D eigenvalue weighted by molar-refractivity contribution is 7.15. The van der Waals surface area contributed by atoms with E-state index in [9.17, 15) is 0 Å². The van der Waals surface area contributed by atoms with Gasteiger partial charge in [-0.15, -0.1) is 10.2 Å². The van der Waals surface area contributed by atoms with E-state index in [0.717, 1.165) is 5.01 Å². The number of nitrogens with zero attached hydrogens (tertiary/aromatic N) is 6. The van der Waals surface area contributed by atoms with Crippen molar-refractivity contribution in [1.29, 1.82) is 10.5 Å². The third-order valence-corrected chi connectivity index (χ3v) is 2.96. The second-order valence-electron chi connectivity index (χ2n) is 3.04. The summed E-state index contributed by atoms with van der Waals surface area (Å²) in [5.41, 5.74) is 0.375. The molecule has 0 aromatic carbocycles. The first-order valence-electron chi connectivity index (χ1n) is 4.64. The van der Waals surface area contributed by atoms with Crippen LogP contribution >= 0.6 is 11.3 Å². The summed E-state index contributed by atoms with van der Waals surface area (Å²) in [5, 5.41) is 29.9. The van der Waals surface area contributed by atoms with E-state index in [1.807, 2.05) is 12.1 Å². The van der Waals surface area contributed by atoms with Crippen molar-refractivity contribution < 1.29 is 0 Å². The molecule has 8 heteroatoms. The Morgan fingerprint density at radius 2 is 2.24 bits per heavy atom. The molecule has 0 bridgehead atoms. The molecule has 0 saturated carbocycles. The molecule has 84 valence electrons. The fourth-order valence-electron chi connectivity index (χ4n) is 1.27. The molecule has 0 atom stereocenters. The monoisotopic (exact) mass is 245 g/mol. The molecule has 2 rings (SSSR count). The van der Waals surface area contributed by atoms with Crippen molar-refractivity contribution in [2.45, 2.75) is 6.54 Å². The van der Waals surface area contributed by atoms with Gasteiger partial charge in [0.15, 0.2) is 11.4 Å². The molecule has 2 aromatic heterocycles. The second kappa shape index (κ2) is 4.60. The Morgan fingerprint density at radius 1 is 1.41 bits per heavy atom. The molecule has 0 aliphatic heterocycles. The van der Waals surface area contributed by atoms with Gasteiger partial charge in [-0.2, -0.15) is 10.5 Å². The molecular formula is C9H7N7S. The van der Waals surface area contributed by atoms with Gasteiger partial charge in [0.1, 0.15) is 17.1 Å². The van der Waals surface area contributed by atoms with Crippen LogP contribution in [0, 0.1) is 22.7 Å². The third kappa shape index (κ3) is 2.07. The number of hydrogen-bond acceptors (Lipinski definition) is 7. The van der Waals surface area contributed by atoms with Crippen LogP contribution in [0.1, 0.15) is 16.4 Å². The predicted octanol–water partition coefficient (Wildman–Crippen LogP) is 0.568. The van der Waals surface area contributed by atoms with Gasteiger partial charge in [0.2, 0.25) is 5.13 Å². The van der Waals surface area contributed by atoms with Crippen LogP contribution in [0.2, 0.25) is 0 Å². The van der Waals surface area contributed by atoms with Gasteiger partial charge in [-0.25, -0.2) is 4.98 Å². The van der Waals surface area contributed by atoms with Crippen molar-refractivity contribution in [1.82, 2.24) is 19.7 Å². The Labute approximate surface area is 101 Å². The lowest BCUT2D eigenvalue weighted by molar-refractivity contribution is 0.767. The average molecular weight is 245 g/mol. The van der Waals surface area contributed by atoms with Crippen molar-refractivity contribution in [2.24, 2.45) is 0 Å². The maximum atomic E-state index is 8.94. The standard InChI is InChI=1S/C9H7N7S/c1-12-9-15-14-8(17-9)4-16-5-13-6(2-10)7(16)3-11/h5H,4H2,1H3,(H,12,15). The van der Waals surface area contributed by atoms with Gasteiger partial charge in [-0.05, 0) is 0 Å². The fourth-order valence-corrected chi connectivity index (χ4v) is 1.96. The third-order valence-electron chi connectivity index (χ3n) is 2.04. The van der Waals surface area contributed by atoms with Crippen LogP contribution in [0.4, 0.5) is 5.13 Å². The average Bonchev–Trinajstić information content (AvgIpc) is 2.95. The van der Waals surface area contributed by atoms with Crippen LogP contribution in [-0.4, -0.2) is 26.8 Å². The van der Waals surface area contributed by atoms with E-state index in [4.69, 9.17) is 10.5 Å². The molecule has 0 saturated heterocycles. The van der Waals surface area contributed by atoms with Crippen molar-refractivity contribution in [3.8, 4) is 12.1 Å². The molecule has 0 unspecified atom stereocenters. The lowest BCUT2D eigenvalue weighted by Gasteiger charge is -1.98. The minimum absolute atomic E-state index is 0.130. The van der Waals surface area contributed by atoms with Crippen LogP contribution in [-0.2, 0) is 6.54 Å². The highest BCUT2D eigenvalue weighted by atomic mass is 32.1. The smallest absolute Gasteiger partial charge is 0.205 e. The van der Waals surface area contributed by atoms with E-state index >= 15 is 0 Å². The van der Waals surface area contributed by atoms with Crippen LogP contribution < -0.4 is 5.32 Å².